The first kappa shape index (κ1) is 9.57. The molecular weight excluding hydrogens is 210 g/mol. The van der Waals surface area contributed by atoms with Crippen LogP contribution >= 0.6 is 0 Å². The molecule has 5 nitrogen and oxygen atoms in total. The van der Waals surface area contributed by atoms with Crippen molar-refractivity contribution >= 4 is 17.8 Å². The van der Waals surface area contributed by atoms with Gasteiger partial charge >= 0.3 is 5.97 Å². The zero-order chi connectivity index (χ0) is 11.4. The number of likely N-dealkylation sites (tertiary alicyclic amines) is 1. The standard InChI is InChI=1S/C11H11NO4/c13-7(14)4-12-10(15)8-5-1-2-6(3-5)9(8)11(12)16/h1-2,5-6,8-9H,3-4H2,(H,13,14)/t5-,6-,8-,9+/m0/s1. The van der Waals surface area contributed by atoms with Gasteiger partial charge in [0.15, 0.2) is 0 Å². The van der Waals surface area contributed by atoms with E-state index >= 15 is 0 Å². The van der Waals surface area contributed by atoms with Gasteiger partial charge < -0.3 is 5.11 Å². The van der Waals surface area contributed by atoms with Gasteiger partial charge in [0.2, 0.25) is 11.8 Å². The quantitative estimate of drug-likeness (QED) is 0.521. The summed E-state index contributed by atoms with van der Waals surface area (Å²) in [5, 5.41) is 8.66. The molecule has 16 heavy (non-hydrogen) atoms. The molecule has 1 saturated heterocycles. The zero-order valence-electron chi connectivity index (χ0n) is 8.50. The van der Waals surface area contributed by atoms with Crippen LogP contribution in [0, 0.1) is 23.7 Å². The summed E-state index contributed by atoms with van der Waals surface area (Å²) in [7, 11) is 0. The molecule has 3 aliphatic rings. The Morgan fingerprint density at radius 2 is 1.75 bits per heavy atom. The van der Waals surface area contributed by atoms with Crippen molar-refractivity contribution < 1.29 is 19.5 Å². The number of allylic oxidation sites excluding steroid dienone is 2. The predicted molar refractivity (Wildman–Crippen MR) is 52.1 cm³/mol. The fourth-order valence-electron chi connectivity index (χ4n) is 3.26. The third-order valence-corrected chi connectivity index (χ3v) is 3.86. The van der Waals surface area contributed by atoms with Gasteiger partial charge in [0.25, 0.3) is 0 Å². The minimum atomic E-state index is -1.14. The smallest absolute Gasteiger partial charge is 0.323 e. The highest BCUT2D eigenvalue weighted by Gasteiger charge is 2.59. The topological polar surface area (TPSA) is 74.7 Å². The number of aliphatic carboxylic acids is 1. The van der Waals surface area contributed by atoms with Crippen LogP contribution in [0.3, 0.4) is 0 Å². The second-order valence-electron chi connectivity index (χ2n) is 4.66. The number of rotatable bonds is 2. The summed E-state index contributed by atoms with van der Waals surface area (Å²) >= 11 is 0. The summed E-state index contributed by atoms with van der Waals surface area (Å²) in [5.74, 6) is -2.02. The third-order valence-electron chi connectivity index (χ3n) is 3.86. The lowest BCUT2D eigenvalue weighted by atomic mass is 9.85. The molecule has 0 aromatic rings. The molecule has 2 amide bonds. The van der Waals surface area contributed by atoms with Gasteiger partial charge in [0.05, 0.1) is 11.8 Å². The van der Waals surface area contributed by atoms with E-state index in [9.17, 15) is 14.4 Å². The molecule has 1 heterocycles. The number of carboxylic acid groups (broad SMARTS) is 1. The van der Waals surface area contributed by atoms with Crippen molar-refractivity contribution in [2.75, 3.05) is 6.54 Å². The van der Waals surface area contributed by atoms with E-state index in [0.29, 0.717) is 0 Å². The van der Waals surface area contributed by atoms with Gasteiger partial charge in [0, 0.05) is 0 Å². The zero-order valence-corrected chi connectivity index (χ0v) is 8.50. The summed E-state index contributed by atoms with van der Waals surface area (Å²) in [6, 6.07) is 0. The Labute approximate surface area is 91.7 Å². The summed E-state index contributed by atoms with van der Waals surface area (Å²) in [5.41, 5.74) is 0. The maximum atomic E-state index is 11.9. The largest absolute Gasteiger partial charge is 0.480 e. The van der Waals surface area contributed by atoms with Crippen LogP contribution in [0.15, 0.2) is 12.2 Å². The molecule has 0 unspecified atom stereocenters. The number of carbonyl (C=O) groups excluding carboxylic acids is 2. The second kappa shape index (κ2) is 2.93. The van der Waals surface area contributed by atoms with Crippen LogP contribution in [0.4, 0.5) is 0 Å². The number of carbonyl (C=O) groups is 3. The van der Waals surface area contributed by atoms with Crippen molar-refractivity contribution in [3.05, 3.63) is 12.2 Å². The van der Waals surface area contributed by atoms with Gasteiger partial charge in [-0.1, -0.05) is 12.2 Å². The Kier molecular flexibility index (Phi) is 1.75. The summed E-state index contributed by atoms with van der Waals surface area (Å²) in [6.45, 7) is -0.496. The Bertz CT molecular complexity index is 398. The minimum Gasteiger partial charge on any atom is -0.480 e. The van der Waals surface area contributed by atoms with Gasteiger partial charge in [-0.15, -0.1) is 0 Å². The monoisotopic (exact) mass is 221 g/mol. The van der Waals surface area contributed by atoms with Crippen LogP contribution in [0.25, 0.3) is 0 Å². The number of imide groups is 1. The highest BCUT2D eigenvalue weighted by atomic mass is 16.4. The van der Waals surface area contributed by atoms with Crippen LogP contribution < -0.4 is 0 Å². The molecule has 5 heteroatoms. The third kappa shape index (κ3) is 1.03. The number of hydrogen-bond donors (Lipinski definition) is 1. The maximum absolute atomic E-state index is 11.9. The van der Waals surface area contributed by atoms with Crippen molar-refractivity contribution in [2.45, 2.75) is 6.42 Å². The normalized spacial score (nSPS) is 39.6. The van der Waals surface area contributed by atoms with Crippen molar-refractivity contribution in [1.82, 2.24) is 4.90 Å². The predicted octanol–water partition coefficient (Wildman–Crippen LogP) is -0.122. The van der Waals surface area contributed by atoms with Crippen molar-refractivity contribution in [2.24, 2.45) is 23.7 Å². The van der Waals surface area contributed by atoms with Gasteiger partial charge in [0.1, 0.15) is 6.54 Å². The van der Waals surface area contributed by atoms with E-state index in [4.69, 9.17) is 5.11 Å². The van der Waals surface area contributed by atoms with E-state index < -0.39 is 12.5 Å². The van der Waals surface area contributed by atoms with Crippen LogP contribution in [-0.4, -0.2) is 34.3 Å². The minimum absolute atomic E-state index is 0.144. The molecule has 2 bridgehead atoms. The maximum Gasteiger partial charge on any atom is 0.323 e. The number of hydrogen-bond acceptors (Lipinski definition) is 3. The first-order chi connectivity index (χ1) is 7.59. The number of carboxylic acids is 1. The molecule has 2 aliphatic carbocycles. The second-order valence-corrected chi connectivity index (χ2v) is 4.66. The molecular formula is C11H11NO4. The molecule has 1 saturated carbocycles. The average Bonchev–Trinajstić information content (AvgIpc) is 2.87. The fourth-order valence-corrected chi connectivity index (χ4v) is 3.26. The van der Waals surface area contributed by atoms with E-state index in [-0.39, 0.29) is 35.5 Å². The van der Waals surface area contributed by atoms with E-state index in [1.807, 2.05) is 12.2 Å². The molecule has 4 atom stereocenters. The lowest BCUT2D eigenvalue weighted by molar-refractivity contribution is -0.149. The highest BCUT2D eigenvalue weighted by Crippen LogP contribution is 2.52. The van der Waals surface area contributed by atoms with E-state index in [1.165, 1.54) is 0 Å². The van der Waals surface area contributed by atoms with Crippen molar-refractivity contribution in [3.63, 3.8) is 0 Å². The van der Waals surface area contributed by atoms with Gasteiger partial charge in [-0.2, -0.15) is 0 Å². The Morgan fingerprint density at radius 3 is 2.19 bits per heavy atom. The van der Waals surface area contributed by atoms with Crippen LogP contribution in [0.5, 0.6) is 0 Å². The SMILES string of the molecule is O=C(O)CN1C(=O)[C@@H]2[C@H](C1=O)[C@H]1C=C[C@H]2C1. The molecule has 2 fully saturated rings. The highest BCUT2D eigenvalue weighted by molar-refractivity contribution is 6.08. The van der Waals surface area contributed by atoms with Gasteiger partial charge in [-0.25, -0.2) is 0 Å². The molecule has 0 aromatic carbocycles. The van der Waals surface area contributed by atoms with Gasteiger partial charge in [-0.05, 0) is 18.3 Å². The fraction of sp³-hybridized carbons (Fsp3) is 0.545. The van der Waals surface area contributed by atoms with E-state index in [1.54, 1.807) is 0 Å². The van der Waals surface area contributed by atoms with E-state index in [2.05, 4.69) is 0 Å². The Balaban J connectivity index is 1.91. The lowest BCUT2D eigenvalue weighted by Crippen LogP contribution is -2.37. The summed E-state index contributed by atoms with van der Waals surface area (Å²) in [4.78, 5) is 35.4. The molecule has 1 N–H and O–H groups in total. The van der Waals surface area contributed by atoms with Crippen LogP contribution in [0.1, 0.15) is 6.42 Å². The van der Waals surface area contributed by atoms with E-state index in [0.717, 1.165) is 11.3 Å². The first-order valence-corrected chi connectivity index (χ1v) is 5.35. The number of fused-ring (bicyclic) bond motifs is 5. The van der Waals surface area contributed by atoms with Gasteiger partial charge in [-0.3, -0.25) is 19.3 Å². The Morgan fingerprint density at radius 1 is 1.25 bits per heavy atom. The lowest BCUT2D eigenvalue weighted by Gasteiger charge is -2.14. The number of amides is 2. The molecule has 0 spiro atoms. The first-order valence-electron chi connectivity index (χ1n) is 5.35. The molecule has 3 rings (SSSR count). The van der Waals surface area contributed by atoms with Crippen LogP contribution in [0.2, 0.25) is 0 Å². The van der Waals surface area contributed by atoms with Crippen LogP contribution in [-0.2, 0) is 14.4 Å². The van der Waals surface area contributed by atoms with Crippen molar-refractivity contribution in [3.8, 4) is 0 Å². The summed E-state index contributed by atoms with van der Waals surface area (Å²) in [6.07, 6.45) is 4.84. The molecule has 0 aromatic heterocycles. The molecule has 84 valence electrons. The molecule has 1 aliphatic heterocycles. The number of nitrogens with zero attached hydrogens (tertiary/aromatic N) is 1. The van der Waals surface area contributed by atoms with Crippen molar-refractivity contribution in [1.29, 1.82) is 0 Å². The molecule has 0 radical (unpaired) electrons. The summed E-state index contributed by atoms with van der Waals surface area (Å²) < 4.78 is 0. The Hall–Kier alpha value is -1.65. The average molecular weight is 221 g/mol.